The molecule has 0 saturated carbocycles. The van der Waals surface area contributed by atoms with E-state index in [1.165, 1.54) is 6.07 Å². The van der Waals surface area contributed by atoms with Crippen LogP contribution in [0.5, 0.6) is 5.75 Å². The predicted molar refractivity (Wildman–Crippen MR) is 120 cm³/mol. The number of carboxylic acid groups (broad SMARTS) is 1. The second-order valence-corrected chi connectivity index (χ2v) is 8.03. The molecule has 0 spiro atoms. The lowest BCUT2D eigenvalue weighted by Gasteiger charge is -2.12. The normalized spacial score (nSPS) is 11.9. The molecule has 166 valence electrons. The molecular weight excluding hydrogens is 437 g/mol. The number of rotatable bonds is 9. The lowest BCUT2D eigenvalue weighted by molar-refractivity contribution is -0.139. The average molecular weight is 459 g/mol. The maximum Gasteiger partial charge on any atom is 0.393 e. The standard InChI is InChI=1S/C25H21F3O3S/c26-25(27,28)16-18-5-4-8-20(15-18)23(19-6-2-1-3-7-19)13-14-32-22-11-9-21(10-12-22)31-17-24(29)30/h1-13,15H,14,16-17H2,(H,29,30)/b23-13-. The van der Waals surface area contributed by atoms with Crippen molar-refractivity contribution in [2.24, 2.45) is 0 Å². The molecule has 1 N–H and O–H groups in total. The van der Waals surface area contributed by atoms with E-state index < -0.39 is 25.2 Å². The molecule has 3 nitrogen and oxygen atoms in total. The molecule has 3 aromatic carbocycles. The van der Waals surface area contributed by atoms with E-state index in [4.69, 9.17) is 9.84 Å². The summed E-state index contributed by atoms with van der Waals surface area (Å²) in [4.78, 5) is 11.5. The van der Waals surface area contributed by atoms with Gasteiger partial charge in [0.2, 0.25) is 0 Å². The number of halogens is 3. The average Bonchev–Trinajstić information content (AvgIpc) is 2.76. The van der Waals surface area contributed by atoms with Gasteiger partial charge >= 0.3 is 12.1 Å². The van der Waals surface area contributed by atoms with Crippen LogP contribution in [0.25, 0.3) is 5.57 Å². The van der Waals surface area contributed by atoms with Crippen molar-refractivity contribution in [3.8, 4) is 5.75 Å². The van der Waals surface area contributed by atoms with Gasteiger partial charge in [-0.05, 0) is 46.5 Å². The number of hydrogen-bond acceptors (Lipinski definition) is 3. The van der Waals surface area contributed by atoms with Crippen molar-refractivity contribution >= 4 is 23.3 Å². The number of thioether (sulfide) groups is 1. The molecule has 0 amide bonds. The summed E-state index contributed by atoms with van der Waals surface area (Å²) in [5, 5.41) is 8.67. The summed E-state index contributed by atoms with van der Waals surface area (Å²) in [5.41, 5.74) is 2.75. The summed E-state index contributed by atoms with van der Waals surface area (Å²) in [6.07, 6.45) is -3.22. The minimum atomic E-state index is -4.26. The fourth-order valence-corrected chi connectivity index (χ4v) is 3.87. The van der Waals surface area contributed by atoms with Crippen LogP contribution in [-0.2, 0) is 11.2 Å². The fraction of sp³-hybridized carbons (Fsp3) is 0.160. The molecule has 0 bridgehead atoms. The first-order valence-corrected chi connectivity index (χ1v) is 10.8. The minimum Gasteiger partial charge on any atom is -0.482 e. The van der Waals surface area contributed by atoms with Crippen molar-refractivity contribution in [3.05, 3.63) is 102 Å². The lowest BCUT2D eigenvalue weighted by Crippen LogP contribution is -2.11. The van der Waals surface area contributed by atoms with Gasteiger partial charge < -0.3 is 9.84 Å². The van der Waals surface area contributed by atoms with Crippen molar-refractivity contribution in [1.29, 1.82) is 0 Å². The van der Waals surface area contributed by atoms with Crippen LogP contribution in [0, 0.1) is 0 Å². The molecule has 3 aromatic rings. The van der Waals surface area contributed by atoms with Crippen LogP contribution in [0.1, 0.15) is 16.7 Å². The monoisotopic (exact) mass is 458 g/mol. The number of hydrogen-bond donors (Lipinski definition) is 1. The maximum atomic E-state index is 12.8. The molecule has 0 radical (unpaired) electrons. The number of carbonyl (C=O) groups is 1. The molecule has 7 heteroatoms. The molecule has 0 saturated heterocycles. The van der Waals surface area contributed by atoms with Gasteiger partial charge in [-0.1, -0.05) is 60.7 Å². The minimum absolute atomic E-state index is 0.224. The van der Waals surface area contributed by atoms with Crippen molar-refractivity contribution < 1.29 is 27.8 Å². The number of carboxylic acids is 1. The molecule has 32 heavy (non-hydrogen) atoms. The van der Waals surface area contributed by atoms with E-state index in [0.717, 1.165) is 21.6 Å². The summed E-state index contributed by atoms with van der Waals surface area (Å²) in [5.74, 6) is 0.0309. The molecule has 3 rings (SSSR count). The fourth-order valence-electron chi connectivity index (χ4n) is 3.10. The van der Waals surface area contributed by atoms with Crippen LogP contribution in [-0.4, -0.2) is 29.6 Å². The second kappa shape index (κ2) is 10.9. The zero-order valence-electron chi connectivity index (χ0n) is 17.0. The smallest absolute Gasteiger partial charge is 0.393 e. The van der Waals surface area contributed by atoms with Gasteiger partial charge in [0.25, 0.3) is 0 Å². The second-order valence-electron chi connectivity index (χ2n) is 6.94. The summed E-state index contributed by atoms with van der Waals surface area (Å²) in [7, 11) is 0. The van der Waals surface area contributed by atoms with E-state index in [0.29, 0.717) is 11.5 Å². The Balaban J connectivity index is 1.77. The molecular formula is C25H21F3O3S. The van der Waals surface area contributed by atoms with Crippen LogP contribution in [0.2, 0.25) is 0 Å². The van der Waals surface area contributed by atoms with Gasteiger partial charge in [-0.2, -0.15) is 13.2 Å². The van der Waals surface area contributed by atoms with Crippen LogP contribution in [0.3, 0.4) is 0 Å². The number of aliphatic carboxylic acids is 1. The van der Waals surface area contributed by atoms with Crippen LogP contribution >= 0.6 is 11.8 Å². The number of ether oxygens (including phenoxy) is 1. The van der Waals surface area contributed by atoms with Crippen molar-refractivity contribution in [2.45, 2.75) is 17.5 Å². The van der Waals surface area contributed by atoms with Crippen LogP contribution in [0.4, 0.5) is 13.2 Å². The van der Waals surface area contributed by atoms with Gasteiger partial charge in [0.1, 0.15) is 5.75 Å². The Hall–Kier alpha value is -3.19. The SMILES string of the molecule is O=C(O)COc1ccc(SC/C=C(/c2ccccc2)c2cccc(CC(F)(F)F)c2)cc1. The highest BCUT2D eigenvalue weighted by molar-refractivity contribution is 7.99. The molecule has 0 fully saturated rings. The molecule has 0 heterocycles. The van der Waals surface area contributed by atoms with Gasteiger partial charge in [-0.15, -0.1) is 11.8 Å². The van der Waals surface area contributed by atoms with Crippen molar-refractivity contribution in [1.82, 2.24) is 0 Å². The summed E-state index contributed by atoms with van der Waals surface area (Å²) < 4.78 is 43.7. The van der Waals surface area contributed by atoms with Gasteiger partial charge in [-0.25, -0.2) is 4.79 Å². The first-order chi connectivity index (χ1) is 15.3. The van der Waals surface area contributed by atoms with Crippen LogP contribution in [0.15, 0.2) is 89.8 Å². The summed E-state index contributed by atoms with van der Waals surface area (Å²) >= 11 is 1.56. The summed E-state index contributed by atoms with van der Waals surface area (Å²) in [6, 6.07) is 23.2. The van der Waals surface area contributed by atoms with E-state index in [1.54, 1.807) is 36.0 Å². The van der Waals surface area contributed by atoms with Crippen molar-refractivity contribution in [2.75, 3.05) is 12.4 Å². The van der Waals surface area contributed by atoms with Crippen LogP contribution < -0.4 is 4.74 Å². The zero-order chi connectivity index (χ0) is 23.0. The lowest BCUT2D eigenvalue weighted by atomic mass is 9.95. The molecule has 0 atom stereocenters. The third-order valence-corrected chi connectivity index (χ3v) is 5.39. The highest BCUT2D eigenvalue weighted by atomic mass is 32.2. The Morgan fingerprint density at radius 1 is 0.938 bits per heavy atom. The third-order valence-electron chi connectivity index (χ3n) is 4.45. The number of benzene rings is 3. The van der Waals surface area contributed by atoms with Gasteiger partial charge in [-0.3, -0.25) is 0 Å². The van der Waals surface area contributed by atoms with E-state index >= 15 is 0 Å². The van der Waals surface area contributed by atoms with E-state index in [1.807, 2.05) is 54.6 Å². The Morgan fingerprint density at radius 3 is 2.28 bits per heavy atom. The Kier molecular flexibility index (Phi) is 8.00. The van der Waals surface area contributed by atoms with E-state index in [-0.39, 0.29) is 5.56 Å². The molecule has 0 aliphatic carbocycles. The topological polar surface area (TPSA) is 46.5 Å². The highest BCUT2D eigenvalue weighted by Gasteiger charge is 2.27. The van der Waals surface area contributed by atoms with Crippen molar-refractivity contribution in [3.63, 3.8) is 0 Å². The summed E-state index contributed by atoms with van der Waals surface area (Å²) in [6.45, 7) is -0.400. The largest absolute Gasteiger partial charge is 0.482 e. The number of alkyl halides is 3. The van der Waals surface area contributed by atoms with Gasteiger partial charge in [0.05, 0.1) is 6.42 Å². The Labute approximate surface area is 188 Å². The first-order valence-electron chi connectivity index (χ1n) is 9.79. The Bertz CT molecular complexity index is 1060. The highest BCUT2D eigenvalue weighted by Crippen LogP contribution is 2.29. The predicted octanol–water partition coefficient (Wildman–Crippen LogP) is 6.48. The van der Waals surface area contributed by atoms with Gasteiger partial charge in [0.15, 0.2) is 6.61 Å². The molecule has 0 unspecified atom stereocenters. The first kappa shape index (κ1) is 23.5. The third kappa shape index (κ3) is 7.50. The maximum absolute atomic E-state index is 12.8. The molecule has 0 aliphatic heterocycles. The van der Waals surface area contributed by atoms with Gasteiger partial charge in [0, 0.05) is 10.6 Å². The van der Waals surface area contributed by atoms with E-state index in [9.17, 15) is 18.0 Å². The quantitative estimate of drug-likeness (QED) is 0.373. The molecule has 0 aliphatic rings. The molecule has 0 aromatic heterocycles. The zero-order valence-corrected chi connectivity index (χ0v) is 17.8. The van der Waals surface area contributed by atoms with E-state index in [2.05, 4.69) is 0 Å². The Morgan fingerprint density at radius 2 is 1.62 bits per heavy atom.